The van der Waals surface area contributed by atoms with Crippen LogP contribution < -0.4 is 10.6 Å². The Kier molecular flexibility index (Phi) is 6.44. The van der Waals surface area contributed by atoms with Gasteiger partial charge in [-0.1, -0.05) is 18.5 Å². The fourth-order valence-corrected chi connectivity index (χ4v) is 1.79. The van der Waals surface area contributed by atoms with Gasteiger partial charge in [0.2, 0.25) is 5.91 Å². The number of allylic oxidation sites excluding steroid dienone is 2. The van der Waals surface area contributed by atoms with Gasteiger partial charge >= 0.3 is 0 Å². The van der Waals surface area contributed by atoms with E-state index in [2.05, 4.69) is 10.6 Å². The number of hydrogen-bond acceptors (Lipinski definition) is 5. The predicted molar refractivity (Wildman–Crippen MR) is 82.5 cm³/mol. The number of carbonyl (C=O) groups excluding carboxylic acids is 1. The van der Waals surface area contributed by atoms with Gasteiger partial charge in [-0.25, -0.2) is 0 Å². The van der Waals surface area contributed by atoms with Crippen LogP contribution in [0.2, 0.25) is 5.02 Å². The Morgan fingerprint density at radius 3 is 2.36 bits per heavy atom. The van der Waals surface area contributed by atoms with Crippen molar-refractivity contribution < 1.29 is 4.79 Å². The lowest BCUT2D eigenvalue weighted by molar-refractivity contribution is -0.116. The van der Waals surface area contributed by atoms with Gasteiger partial charge in [-0.05, 0) is 24.6 Å². The zero-order chi connectivity index (χ0) is 16.5. The molecule has 0 fully saturated rings. The van der Waals surface area contributed by atoms with Gasteiger partial charge in [-0.2, -0.15) is 15.8 Å². The Balaban J connectivity index is 2.98. The van der Waals surface area contributed by atoms with Crippen molar-refractivity contribution in [1.82, 2.24) is 0 Å². The number of carbonyl (C=O) groups is 1. The van der Waals surface area contributed by atoms with Crippen LogP contribution in [0.5, 0.6) is 0 Å². The number of rotatable bonds is 5. The molecule has 0 heterocycles. The molecule has 1 aromatic carbocycles. The maximum atomic E-state index is 11.5. The van der Waals surface area contributed by atoms with Gasteiger partial charge in [-0.15, -0.1) is 0 Å². The minimum Gasteiger partial charge on any atom is -0.345 e. The second kappa shape index (κ2) is 8.32. The van der Waals surface area contributed by atoms with Crippen LogP contribution in [0.15, 0.2) is 29.5 Å². The standard InChI is InChI=1S/C15H12ClN5O/c1-2-3-15(22)21-13-5-4-11(6-12(13)16)20-14(9-19)10(7-17)8-18/h4-6,20H,2-3H2,1H3,(H,21,22). The first kappa shape index (κ1) is 17.0. The van der Waals surface area contributed by atoms with E-state index in [1.807, 2.05) is 6.92 Å². The van der Waals surface area contributed by atoms with Gasteiger partial charge in [-0.3, -0.25) is 4.79 Å². The molecule has 0 atom stereocenters. The molecule has 0 aliphatic carbocycles. The third-order valence-corrected chi connectivity index (χ3v) is 2.89. The molecule has 110 valence electrons. The highest BCUT2D eigenvalue weighted by atomic mass is 35.5. The maximum absolute atomic E-state index is 11.5. The van der Waals surface area contributed by atoms with Crippen molar-refractivity contribution in [1.29, 1.82) is 15.8 Å². The number of anilines is 2. The summed E-state index contributed by atoms with van der Waals surface area (Å²) < 4.78 is 0. The highest BCUT2D eigenvalue weighted by Gasteiger charge is 2.09. The summed E-state index contributed by atoms with van der Waals surface area (Å²) in [6.07, 6.45) is 1.12. The first-order chi connectivity index (χ1) is 10.5. The van der Waals surface area contributed by atoms with Crippen LogP contribution in [0.25, 0.3) is 0 Å². The summed E-state index contributed by atoms with van der Waals surface area (Å²) in [4.78, 5) is 11.5. The lowest BCUT2D eigenvalue weighted by Gasteiger charge is -2.10. The molecular formula is C15H12ClN5O. The van der Waals surface area contributed by atoms with E-state index >= 15 is 0 Å². The van der Waals surface area contributed by atoms with Crippen LogP contribution in [-0.4, -0.2) is 5.91 Å². The summed E-state index contributed by atoms with van der Waals surface area (Å²) in [5, 5.41) is 32.1. The molecule has 0 spiro atoms. The normalized spacial score (nSPS) is 8.86. The first-order valence-electron chi connectivity index (χ1n) is 6.36. The van der Waals surface area contributed by atoms with Crippen LogP contribution in [0.1, 0.15) is 19.8 Å². The maximum Gasteiger partial charge on any atom is 0.224 e. The lowest BCUT2D eigenvalue weighted by Crippen LogP contribution is -2.11. The molecule has 0 radical (unpaired) electrons. The minimum atomic E-state index is -0.320. The Bertz CT molecular complexity index is 718. The average molecular weight is 314 g/mol. The molecule has 22 heavy (non-hydrogen) atoms. The largest absolute Gasteiger partial charge is 0.345 e. The lowest BCUT2D eigenvalue weighted by atomic mass is 10.2. The molecule has 1 aromatic rings. The third-order valence-electron chi connectivity index (χ3n) is 2.57. The number of halogens is 1. The molecule has 0 unspecified atom stereocenters. The van der Waals surface area contributed by atoms with Crippen molar-refractivity contribution >= 4 is 28.9 Å². The van der Waals surface area contributed by atoms with Crippen LogP contribution in [0, 0.1) is 34.0 Å². The summed E-state index contributed by atoms with van der Waals surface area (Å²) >= 11 is 6.06. The Morgan fingerprint density at radius 2 is 1.86 bits per heavy atom. The number of nitriles is 3. The van der Waals surface area contributed by atoms with Crippen LogP contribution >= 0.6 is 11.6 Å². The molecule has 0 saturated heterocycles. The van der Waals surface area contributed by atoms with Crippen molar-refractivity contribution in [3.8, 4) is 18.2 Å². The monoisotopic (exact) mass is 313 g/mol. The predicted octanol–water partition coefficient (Wildman–Crippen LogP) is 3.32. The van der Waals surface area contributed by atoms with Gasteiger partial charge < -0.3 is 10.6 Å². The van der Waals surface area contributed by atoms with Crippen molar-refractivity contribution in [3.63, 3.8) is 0 Å². The number of nitrogens with zero attached hydrogens (tertiary/aromatic N) is 3. The van der Waals surface area contributed by atoms with E-state index in [0.29, 0.717) is 17.8 Å². The number of amides is 1. The quantitative estimate of drug-likeness (QED) is 0.810. The fourth-order valence-electron chi connectivity index (χ4n) is 1.56. The summed E-state index contributed by atoms with van der Waals surface area (Å²) in [5.74, 6) is -0.140. The van der Waals surface area contributed by atoms with E-state index in [4.69, 9.17) is 27.4 Å². The minimum absolute atomic E-state index is 0.140. The Morgan fingerprint density at radius 1 is 1.18 bits per heavy atom. The van der Waals surface area contributed by atoms with Crippen molar-refractivity contribution in [3.05, 3.63) is 34.5 Å². The molecule has 0 bridgehead atoms. The number of nitrogens with one attached hydrogen (secondary N) is 2. The second-order valence-corrected chi connectivity index (χ2v) is 4.61. The Labute approximate surface area is 133 Å². The zero-order valence-electron chi connectivity index (χ0n) is 11.8. The highest BCUT2D eigenvalue weighted by molar-refractivity contribution is 6.34. The van der Waals surface area contributed by atoms with Gasteiger partial charge in [0.1, 0.15) is 23.9 Å². The van der Waals surface area contributed by atoms with Crippen molar-refractivity contribution in [2.24, 2.45) is 0 Å². The van der Waals surface area contributed by atoms with Gasteiger partial charge in [0.15, 0.2) is 5.57 Å². The average Bonchev–Trinajstić information content (AvgIpc) is 2.50. The smallest absolute Gasteiger partial charge is 0.224 e. The van der Waals surface area contributed by atoms with E-state index in [1.54, 1.807) is 30.3 Å². The molecular weight excluding hydrogens is 302 g/mol. The van der Waals surface area contributed by atoms with Gasteiger partial charge in [0, 0.05) is 12.1 Å². The molecule has 6 nitrogen and oxygen atoms in total. The fraction of sp³-hybridized carbons (Fsp3) is 0.200. The van der Waals surface area contributed by atoms with Crippen molar-refractivity contribution in [2.75, 3.05) is 10.6 Å². The molecule has 2 N–H and O–H groups in total. The van der Waals surface area contributed by atoms with Crippen molar-refractivity contribution in [2.45, 2.75) is 19.8 Å². The summed E-state index contributed by atoms with van der Waals surface area (Å²) in [7, 11) is 0. The zero-order valence-corrected chi connectivity index (χ0v) is 12.5. The van der Waals surface area contributed by atoms with Crippen LogP contribution in [-0.2, 0) is 4.79 Å². The second-order valence-electron chi connectivity index (χ2n) is 4.20. The summed E-state index contributed by atoms with van der Waals surface area (Å²) in [6, 6.07) is 9.66. The SMILES string of the molecule is CCCC(=O)Nc1ccc(NC(C#N)=C(C#N)C#N)cc1Cl. The van der Waals surface area contributed by atoms with Gasteiger partial charge in [0.25, 0.3) is 0 Å². The van der Waals surface area contributed by atoms with Gasteiger partial charge in [0.05, 0.1) is 10.7 Å². The molecule has 0 saturated carbocycles. The number of hydrogen-bond donors (Lipinski definition) is 2. The molecule has 0 aromatic heterocycles. The Hall–Kier alpha value is -3.01. The molecule has 0 aliphatic rings. The molecule has 1 amide bonds. The number of benzene rings is 1. The van der Waals surface area contributed by atoms with Crippen LogP contribution in [0.3, 0.4) is 0 Å². The van der Waals surface area contributed by atoms with E-state index < -0.39 is 0 Å². The summed E-state index contributed by atoms with van der Waals surface area (Å²) in [6.45, 7) is 1.89. The molecule has 7 heteroatoms. The molecule has 1 rings (SSSR count). The topological polar surface area (TPSA) is 112 Å². The van der Waals surface area contributed by atoms with Crippen LogP contribution in [0.4, 0.5) is 11.4 Å². The van der Waals surface area contributed by atoms with E-state index in [1.165, 1.54) is 6.07 Å². The first-order valence-corrected chi connectivity index (χ1v) is 6.74. The third kappa shape index (κ3) is 4.52. The molecule has 0 aliphatic heterocycles. The highest BCUT2D eigenvalue weighted by Crippen LogP contribution is 2.26. The van der Waals surface area contributed by atoms with E-state index in [9.17, 15) is 4.79 Å². The van der Waals surface area contributed by atoms with E-state index in [-0.39, 0.29) is 22.2 Å². The van der Waals surface area contributed by atoms with E-state index in [0.717, 1.165) is 6.42 Å². The summed E-state index contributed by atoms with van der Waals surface area (Å²) in [5.41, 5.74) is 0.398.